The largest absolute Gasteiger partial charge is 0.456 e. The molecule has 0 bridgehead atoms. The quantitative estimate of drug-likeness (QED) is 0.106. The van der Waals surface area contributed by atoms with E-state index in [1.807, 2.05) is 18.2 Å². The SMILES string of the molecule is C=CC/C=C\C(=C/C)c1cc2c(cc1N(c1ccc(-c3ccccc3)cc1)c1ccc(-c3ccc(-c4ccccc4)cc3)cc1)oc1ccccc12. The Hall–Kier alpha value is -6.64. The van der Waals surface area contributed by atoms with Crippen LogP contribution in [0.5, 0.6) is 0 Å². The first-order valence-electron chi connectivity index (χ1n) is 17.8. The molecule has 0 spiro atoms. The first kappa shape index (κ1) is 32.6. The fraction of sp³-hybridized carbons (Fsp3) is 0.0400. The van der Waals surface area contributed by atoms with Gasteiger partial charge in [0, 0.05) is 33.8 Å². The van der Waals surface area contributed by atoms with Crippen molar-refractivity contribution in [1.29, 1.82) is 0 Å². The van der Waals surface area contributed by atoms with Gasteiger partial charge in [0.1, 0.15) is 11.2 Å². The van der Waals surface area contributed by atoms with E-state index in [2.05, 4.69) is 194 Å². The molecule has 250 valence electrons. The van der Waals surface area contributed by atoms with Gasteiger partial charge in [-0.3, -0.25) is 0 Å². The molecular formula is C50H39NO. The van der Waals surface area contributed by atoms with Crippen molar-refractivity contribution in [1.82, 2.24) is 0 Å². The van der Waals surface area contributed by atoms with E-state index >= 15 is 0 Å². The summed E-state index contributed by atoms with van der Waals surface area (Å²) in [7, 11) is 0. The average Bonchev–Trinajstić information content (AvgIpc) is 3.58. The van der Waals surface area contributed by atoms with Crippen LogP contribution in [0.3, 0.4) is 0 Å². The summed E-state index contributed by atoms with van der Waals surface area (Å²) in [5.41, 5.74) is 14.3. The van der Waals surface area contributed by atoms with E-state index in [0.29, 0.717) is 0 Å². The number of para-hydroxylation sites is 1. The molecule has 2 heteroatoms. The number of furan rings is 1. The molecule has 0 atom stereocenters. The van der Waals surface area contributed by atoms with Crippen molar-refractivity contribution in [2.24, 2.45) is 0 Å². The maximum Gasteiger partial charge on any atom is 0.137 e. The molecule has 0 saturated carbocycles. The predicted molar refractivity (Wildman–Crippen MR) is 222 cm³/mol. The van der Waals surface area contributed by atoms with Crippen molar-refractivity contribution in [3.63, 3.8) is 0 Å². The molecule has 52 heavy (non-hydrogen) atoms. The second kappa shape index (κ2) is 14.7. The minimum atomic E-state index is 0.794. The van der Waals surface area contributed by atoms with Crippen LogP contribution in [-0.2, 0) is 0 Å². The van der Waals surface area contributed by atoms with Gasteiger partial charge in [-0.15, -0.1) is 6.58 Å². The van der Waals surface area contributed by atoms with E-state index in [9.17, 15) is 0 Å². The molecule has 0 aliphatic carbocycles. The minimum Gasteiger partial charge on any atom is -0.456 e. The summed E-state index contributed by atoms with van der Waals surface area (Å²) >= 11 is 0. The monoisotopic (exact) mass is 669 g/mol. The fourth-order valence-electron chi connectivity index (χ4n) is 6.96. The number of fused-ring (bicyclic) bond motifs is 3. The number of hydrogen-bond acceptors (Lipinski definition) is 2. The first-order chi connectivity index (χ1) is 25.7. The van der Waals surface area contributed by atoms with Crippen molar-refractivity contribution in [3.05, 3.63) is 206 Å². The number of rotatable bonds is 10. The normalized spacial score (nSPS) is 11.8. The zero-order valence-electron chi connectivity index (χ0n) is 29.2. The Labute approximate surface area is 305 Å². The molecule has 0 fully saturated rings. The van der Waals surface area contributed by atoms with Gasteiger partial charge in [0.2, 0.25) is 0 Å². The van der Waals surface area contributed by atoms with E-state index < -0.39 is 0 Å². The number of nitrogens with zero attached hydrogens (tertiary/aromatic N) is 1. The van der Waals surface area contributed by atoms with Crippen LogP contribution in [-0.4, -0.2) is 0 Å². The molecule has 2 nitrogen and oxygen atoms in total. The molecule has 0 unspecified atom stereocenters. The summed E-state index contributed by atoms with van der Waals surface area (Å²) in [6, 6.07) is 60.4. The summed E-state index contributed by atoms with van der Waals surface area (Å²) in [5.74, 6) is 0. The third-order valence-electron chi connectivity index (χ3n) is 9.64. The van der Waals surface area contributed by atoms with Crippen LogP contribution in [0.15, 0.2) is 205 Å². The van der Waals surface area contributed by atoms with Gasteiger partial charge in [-0.1, -0.05) is 152 Å². The van der Waals surface area contributed by atoms with Gasteiger partial charge < -0.3 is 9.32 Å². The average molecular weight is 670 g/mol. The van der Waals surface area contributed by atoms with Crippen LogP contribution >= 0.6 is 0 Å². The number of benzene rings is 7. The first-order valence-corrected chi connectivity index (χ1v) is 17.8. The molecule has 8 aromatic rings. The van der Waals surface area contributed by atoms with Crippen LogP contribution in [0.1, 0.15) is 18.9 Å². The molecule has 1 aromatic heterocycles. The third-order valence-corrected chi connectivity index (χ3v) is 9.64. The zero-order chi connectivity index (χ0) is 35.3. The van der Waals surface area contributed by atoms with Gasteiger partial charge >= 0.3 is 0 Å². The summed E-state index contributed by atoms with van der Waals surface area (Å²) in [4.78, 5) is 2.35. The third kappa shape index (κ3) is 6.51. The van der Waals surface area contributed by atoms with Crippen molar-refractivity contribution in [2.45, 2.75) is 13.3 Å². The molecule has 1 heterocycles. The molecule has 8 rings (SSSR count). The number of hydrogen-bond donors (Lipinski definition) is 0. The molecule has 0 aliphatic rings. The highest BCUT2D eigenvalue weighted by molar-refractivity contribution is 6.08. The molecule has 0 radical (unpaired) electrons. The van der Waals surface area contributed by atoms with E-state index in [4.69, 9.17) is 4.42 Å². The Balaban J connectivity index is 1.27. The van der Waals surface area contributed by atoms with Gasteiger partial charge in [0.05, 0.1) is 5.69 Å². The van der Waals surface area contributed by atoms with Gasteiger partial charge in [-0.25, -0.2) is 0 Å². The maximum absolute atomic E-state index is 6.50. The van der Waals surface area contributed by atoms with E-state index in [1.54, 1.807) is 0 Å². The van der Waals surface area contributed by atoms with Crippen LogP contribution in [0.4, 0.5) is 17.1 Å². The van der Waals surface area contributed by atoms with E-state index in [0.717, 1.165) is 62.1 Å². The second-order valence-electron chi connectivity index (χ2n) is 12.9. The maximum atomic E-state index is 6.50. The summed E-state index contributed by atoms with van der Waals surface area (Å²) in [5, 5.41) is 2.21. The lowest BCUT2D eigenvalue weighted by Crippen LogP contribution is -2.12. The highest BCUT2D eigenvalue weighted by Gasteiger charge is 2.21. The summed E-state index contributed by atoms with van der Waals surface area (Å²) in [6.45, 7) is 6.04. The molecule has 0 amide bonds. The topological polar surface area (TPSA) is 16.4 Å². The van der Waals surface area contributed by atoms with Gasteiger partial charge in [-0.2, -0.15) is 0 Å². The summed E-state index contributed by atoms with van der Waals surface area (Å²) < 4.78 is 6.50. The van der Waals surface area contributed by atoms with Crippen molar-refractivity contribution in [3.8, 4) is 33.4 Å². The van der Waals surface area contributed by atoms with Crippen LogP contribution < -0.4 is 4.90 Å². The lowest BCUT2D eigenvalue weighted by Gasteiger charge is -2.28. The molecule has 0 N–H and O–H groups in total. The highest BCUT2D eigenvalue weighted by atomic mass is 16.3. The molecule has 0 saturated heterocycles. The van der Waals surface area contributed by atoms with Crippen LogP contribution in [0.2, 0.25) is 0 Å². The van der Waals surface area contributed by atoms with Crippen LogP contribution in [0.25, 0.3) is 60.9 Å². The Morgan fingerprint density at radius 1 is 0.538 bits per heavy atom. The van der Waals surface area contributed by atoms with Gasteiger partial charge in [0.15, 0.2) is 0 Å². The van der Waals surface area contributed by atoms with E-state index in [-0.39, 0.29) is 0 Å². The van der Waals surface area contributed by atoms with Gasteiger partial charge in [0.25, 0.3) is 0 Å². The Morgan fingerprint density at radius 3 is 1.54 bits per heavy atom. The smallest absolute Gasteiger partial charge is 0.137 e. The van der Waals surface area contributed by atoms with Crippen LogP contribution in [0, 0.1) is 0 Å². The Kier molecular flexibility index (Phi) is 9.19. The lowest BCUT2D eigenvalue weighted by molar-refractivity contribution is 0.669. The molecular weight excluding hydrogens is 631 g/mol. The Morgan fingerprint density at radius 2 is 1.02 bits per heavy atom. The zero-order valence-corrected chi connectivity index (χ0v) is 29.2. The van der Waals surface area contributed by atoms with Crippen molar-refractivity contribution >= 4 is 44.6 Å². The Bertz CT molecular complexity index is 2520. The fourth-order valence-corrected chi connectivity index (χ4v) is 6.96. The van der Waals surface area contributed by atoms with Crippen molar-refractivity contribution < 1.29 is 4.42 Å². The minimum absolute atomic E-state index is 0.794. The second-order valence-corrected chi connectivity index (χ2v) is 12.9. The number of allylic oxidation sites excluding steroid dienone is 5. The molecule has 7 aromatic carbocycles. The standard InChI is InChI=1S/C50H39NO/c1-3-5-8-15-36(4-2)46-34-47-45-20-13-14-21-49(45)52-50(47)35-48(46)51(43-30-26-41(27-31-43)38-18-11-7-12-19-38)44-32-28-42(29-33-44)40-24-22-39(23-25-40)37-16-9-6-10-17-37/h3-4,6-35H,1,5H2,2H3/b15-8-,36-4+. The molecule has 0 aliphatic heterocycles. The highest BCUT2D eigenvalue weighted by Crippen LogP contribution is 2.44. The number of anilines is 3. The predicted octanol–water partition coefficient (Wildman–Crippen LogP) is 14.6. The lowest BCUT2D eigenvalue weighted by atomic mass is 9.97. The van der Waals surface area contributed by atoms with Crippen molar-refractivity contribution in [2.75, 3.05) is 4.90 Å². The van der Waals surface area contributed by atoms with Gasteiger partial charge in [-0.05, 0) is 88.7 Å². The van der Waals surface area contributed by atoms with E-state index in [1.165, 1.54) is 27.8 Å². The summed E-state index contributed by atoms with van der Waals surface area (Å²) in [6.07, 6.45) is 9.27.